The second kappa shape index (κ2) is 9.39. The molecule has 0 saturated heterocycles. The third kappa shape index (κ3) is 5.58. The Morgan fingerprint density at radius 3 is 2.48 bits per heavy atom. The van der Waals surface area contributed by atoms with Crippen molar-refractivity contribution in [1.82, 2.24) is 5.43 Å². The number of hydrogen-bond donors (Lipinski definition) is 1. The summed E-state index contributed by atoms with van der Waals surface area (Å²) in [5.74, 6) is 0.316. The number of carbonyl (C=O) groups is 1. The Morgan fingerprint density at radius 1 is 1.22 bits per heavy atom. The molecule has 2 aromatic carbocycles. The zero-order valence-electron chi connectivity index (χ0n) is 14.5. The van der Waals surface area contributed by atoms with Gasteiger partial charge in [0.25, 0.3) is 5.91 Å². The summed E-state index contributed by atoms with van der Waals surface area (Å²) in [6.07, 6.45) is 1.23. The number of carbonyl (C=O) groups excluding carboxylic acids is 1. The van der Waals surface area contributed by atoms with Crippen LogP contribution in [0.4, 0.5) is 5.69 Å². The van der Waals surface area contributed by atoms with Crippen LogP contribution in [0.3, 0.4) is 0 Å². The standard InChI is InChI=1S/C17H16ClN3O6/c1-25-15-8-16(26-2)14(21(23)24)7-11(15)9-19-20-17(22)10-27-13-5-3-12(18)4-6-13/h3-9H,10H2,1-2H3,(H,20,22). The number of ether oxygens (including phenoxy) is 3. The van der Waals surface area contributed by atoms with Gasteiger partial charge in [-0.1, -0.05) is 11.6 Å². The molecule has 1 N–H and O–H groups in total. The van der Waals surface area contributed by atoms with Gasteiger partial charge in [0.05, 0.1) is 25.4 Å². The van der Waals surface area contributed by atoms with Gasteiger partial charge in [-0.05, 0) is 24.3 Å². The lowest BCUT2D eigenvalue weighted by atomic mass is 10.1. The molecule has 27 heavy (non-hydrogen) atoms. The monoisotopic (exact) mass is 393 g/mol. The molecule has 0 spiro atoms. The SMILES string of the molecule is COc1cc(OC)c([N+](=O)[O-])cc1C=NNC(=O)COc1ccc(Cl)cc1. The highest BCUT2D eigenvalue weighted by atomic mass is 35.5. The quantitative estimate of drug-likeness (QED) is 0.419. The fourth-order valence-electron chi connectivity index (χ4n) is 2.04. The Kier molecular flexibility index (Phi) is 6.95. The highest BCUT2D eigenvalue weighted by Crippen LogP contribution is 2.33. The van der Waals surface area contributed by atoms with Gasteiger partial charge >= 0.3 is 5.69 Å². The third-order valence-electron chi connectivity index (χ3n) is 3.30. The van der Waals surface area contributed by atoms with Crippen molar-refractivity contribution in [3.05, 3.63) is 57.1 Å². The summed E-state index contributed by atoms with van der Waals surface area (Å²) >= 11 is 5.76. The summed E-state index contributed by atoms with van der Waals surface area (Å²) in [5.41, 5.74) is 2.31. The van der Waals surface area contributed by atoms with Crippen molar-refractivity contribution in [2.45, 2.75) is 0 Å². The molecule has 0 unspecified atom stereocenters. The summed E-state index contributed by atoms with van der Waals surface area (Å²) in [6, 6.07) is 9.12. The number of amides is 1. The third-order valence-corrected chi connectivity index (χ3v) is 3.56. The Bertz CT molecular complexity index is 854. The summed E-state index contributed by atoms with van der Waals surface area (Å²) in [6.45, 7) is -0.265. The Labute approximate surface area is 159 Å². The maximum absolute atomic E-state index is 11.8. The van der Waals surface area contributed by atoms with E-state index in [2.05, 4.69) is 10.5 Å². The topological polar surface area (TPSA) is 112 Å². The molecule has 0 heterocycles. The Morgan fingerprint density at radius 2 is 1.89 bits per heavy atom. The first-order valence-corrected chi connectivity index (χ1v) is 7.93. The van der Waals surface area contributed by atoms with Crippen molar-refractivity contribution < 1.29 is 23.9 Å². The van der Waals surface area contributed by atoms with Gasteiger partial charge in [-0.2, -0.15) is 5.10 Å². The molecule has 2 aromatic rings. The average Bonchev–Trinajstić information content (AvgIpc) is 2.67. The predicted molar refractivity (Wildman–Crippen MR) is 98.9 cm³/mol. The lowest BCUT2D eigenvalue weighted by molar-refractivity contribution is -0.385. The predicted octanol–water partition coefficient (Wildman–Crippen LogP) is 2.79. The molecule has 0 aliphatic carbocycles. The van der Waals surface area contributed by atoms with Crippen LogP contribution in [0.15, 0.2) is 41.5 Å². The van der Waals surface area contributed by atoms with E-state index >= 15 is 0 Å². The molecule has 0 aliphatic rings. The molecular weight excluding hydrogens is 378 g/mol. The number of nitrogens with zero attached hydrogens (tertiary/aromatic N) is 2. The van der Waals surface area contributed by atoms with Crippen LogP contribution in [-0.4, -0.2) is 37.9 Å². The maximum Gasteiger partial charge on any atom is 0.311 e. The molecule has 0 radical (unpaired) electrons. The number of rotatable bonds is 8. The number of nitrogens with one attached hydrogen (secondary N) is 1. The highest BCUT2D eigenvalue weighted by Gasteiger charge is 2.18. The van der Waals surface area contributed by atoms with Crippen LogP contribution in [0, 0.1) is 10.1 Å². The van der Waals surface area contributed by atoms with Crippen LogP contribution in [0.2, 0.25) is 5.02 Å². The number of halogens is 1. The first kappa shape index (κ1) is 20.0. The van der Waals surface area contributed by atoms with Gasteiger partial charge in [-0.25, -0.2) is 5.43 Å². The molecule has 0 bridgehead atoms. The molecule has 0 aromatic heterocycles. The lowest BCUT2D eigenvalue weighted by Gasteiger charge is -2.08. The fourth-order valence-corrected chi connectivity index (χ4v) is 2.16. The van der Waals surface area contributed by atoms with E-state index < -0.39 is 10.8 Å². The van der Waals surface area contributed by atoms with Gasteiger partial charge in [0.1, 0.15) is 11.5 Å². The van der Waals surface area contributed by atoms with E-state index in [0.29, 0.717) is 22.1 Å². The maximum atomic E-state index is 11.8. The smallest absolute Gasteiger partial charge is 0.311 e. The van der Waals surface area contributed by atoms with E-state index in [1.807, 2.05) is 0 Å². The highest BCUT2D eigenvalue weighted by molar-refractivity contribution is 6.30. The number of benzene rings is 2. The summed E-state index contributed by atoms with van der Waals surface area (Å²) in [7, 11) is 2.72. The molecule has 0 atom stereocenters. The number of hydrazone groups is 1. The first-order valence-electron chi connectivity index (χ1n) is 7.55. The largest absolute Gasteiger partial charge is 0.496 e. The Hall–Kier alpha value is -3.33. The Balaban J connectivity index is 2.02. The van der Waals surface area contributed by atoms with E-state index in [4.69, 9.17) is 25.8 Å². The van der Waals surface area contributed by atoms with Crippen molar-refractivity contribution in [3.63, 3.8) is 0 Å². The van der Waals surface area contributed by atoms with E-state index in [1.54, 1.807) is 24.3 Å². The molecule has 142 valence electrons. The van der Waals surface area contributed by atoms with Crippen molar-refractivity contribution >= 4 is 29.4 Å². The molecular formula is C17H16ClN3O6. The summed E-state index contributed by atoms with van der Waals surface area (Å²) in [4.78, 5) is 22.3. The van der Waals surface area contributed by atoms with E-state index in [-0.39, 0.29) is 18.0 Å². The molecule has 10 heteroatoms. The molecule has 1 amide bonds. The van der Waals surface area contributed by atoms with Crippen molar-refractivity contribution in [1.29, 1.82) is 0 Å². The van der Waals surface area contributed by atoms with Crippen LogP contribution in [-0.2, 0) is 4.79 Å². The normalized spacial score (nSPS) is 10.5. The van der Waals surface area contributed by atoms with Gasteiger partial charge in [-0.15, -0.1) is 0 Å². The van der Waals surface area contributed by atoms with Gasteiger partial charge in [0, 0.05) is 22.7 Å². The second-order valence-corrected chi connectivity index (χ2v) is 5.50. The van der Waals surface area contributed by atoms with Gasteiger partial charge in [-0.3, -0.25) is 14.9 Å². The number of hydrogen-bond acceptors (Lipinski definition) is 7. The van der Waals surface area contributed by atoms with Crippen LogP contribution < -0.4 is 19.6 Å². The van der Waals surface area contributed by atoms with E-state index in [9.17, 15) is 14.9 Å². The summed E-state index contributed by atoms with van der Waals surface area (Å²) in [5, 5.41) is 15.4. The number of methoxy groups -OCH3 is 2. The zero-order chi connectivity index (χ0) is 19.8. The molecule has 0 fully saturated rings. The molecule has 9 nitrogen and oxygen atoms in total. The first-order chi connectivity index (χ1) is 12.9. The molecule has 0 aliphatic heterocycles. The van der Waals surface area contributed by atoms with Crippen molar-refractivity contribution in [3.8, 4) is 17.2 Å². The fraction of sp³-hybridized carbons (Fsp3) is 0.176. The second-order valence-electron chi connectivity index (χ2n) is 5.06. The minimum absolute atomic E-state index is 0.0504. The van der Waals surface area contributed by atoms with Gasteiger partial charge in [0.15, 0.2) is 6.61 Å². The minimum Gasteiger partial charge on any atom is -0.496 e. The lowest BCUT2D eigenvalue weighted by Crippen LogP contribution is -2.24. The average molecular weight is 394 g/mol. The molecule has 2 rings (SSSR count). The van der Waals surface area contributed by atoms with Crippen molar-refractivity contribution in [2.75, 3.05) is 20.8 Å². The van der Waals surface area contributed by atoms with Crippen LogP contribution in [0.1, 0.15) is 5.56 Å². The van der Waals surface area contributed by atoms with Crippen LogP contribution in [0.5, 0.6) is 17.2 Å². The van der Waals surface area contributed by atoms with Crippen molar-refractivity contribution in [2.24, 2.45) is 5.10 Å². The van der Waals surface area contributed by atoms with Crippen LogP contribution >= 0.6 is 11.6 Å². The molecule has 0 saturated carbocycles. The number of nitro groups is 1. The van der Waals surface area contributed by atoms with E-state index in [1.165, 1.54) is 32.6 Å². The van der Waals surface area contributed by atoms with E-state index in [0.717, 1.165) is 0 Å². The summed E-state index contributed by atoms with van der Waals surface area (Å²) < 4.78 is 15.4. The van der Waals surface area contributed by atoms with Crippen LogP contribution in [0.25, 0.3) is 0 Å². The zero-order valence-corrected chi connectivity index (χ0v) is 15.2. The van der Waals surface area contributed by atoms with Gasteiger partial charge in [0.2, 0.25) is 5.75 Å². The van der Waals surface area contributed by atoms with Gasteiger partial charge < -0.3 is 14.2 Å². The number of nitro benzene ring substituents is 1. The minimum atomic E-state index is -0.589.